The van der Waals surface area contributed by atoms with Gasteiger partial charge in [0.25, 0.3) is 0 Å². The van der Waals surface area contributed by atoms with E-state index in [1.54, 1.807) is 0 Å². The van der Waals surface area contributed by atoms with Crippen LogP contribution in [0.1, 0.15) is 17.9 Å². The molecule has 1 saturated heterocycles. The number of thioether (sulfide) groups is 1. The lowest BCUT2D eigenvalue weighted by atomic mass is 10.2. The van der Waals surface area contributed by atoms with E-state index in [-0.39, 0.29) is 11.3 Å². The van der Waals surface area contributed by atoms with Crippen LogP contribution in [0, 0.1) is 0 Å². The lowest BCUT2D eigenvalue weighted by Crippen LogP contribution is -2.48. The van der Waals surface area contributed by atoms with E-state index in [1.165, 1.54) is 23.6 Å². The number of aliphatic carboxylic acids is 1. The summed E-state index contributed by atoms with van der Waals surface area (Å²) in [7, 11) is 0. The van der Waals surface area contributed by atoms with E-state index in [0.717, 1.165) is 5.56 Å². The standard InChI is InChI=1S/C12H13NO3S/c1-8(14)13-10(12(15)16)7-17-11(13)9-5-3-2-4-6-9/h2-6,10-11H,7H2,1H3,(H,15,16)/p-1/t10-,11-/m0/s1. The smallest absolute Gasteiger partial charge is 0.221 e. The quantitative estimate of drug-likeness (QED) is 0.762. The number of carboxylic acid groups (broad SMARTS) is 1. The summed E-state index contributed by atoms with van der Waals surface area (Å²) in [4.78, 5) is 23.9. The highest BCUT2D eigenvalue weighted by Gasteiger charge is 2.37. The van der Waals surface area contributed by atoms with Crippen molar-refractivity contribution in [1.82, 2.24) is 4.90 Å². The zero-order valence-corrected chi connectivity index (χ0v) is 10.1. The van der Waals surface area contributed by atoms with Gasteiger partial charge in [0.1, 0.15) is 5.37 Å². The number of carbonyl (C=O) groups is 2. The van der Waals surface area contributed by atoms with Crippen molar-refractivity contribution >= 4 is 23.6 Å². The van der Waals surface area contributed by atoms with Crippen LogP contribution >= 0.6 is 11.8 Å². The van der Waals surface area contributed by atoms with Gasteiger partial charge in [-0.2, -0.15) is 0 Å². The van der Waals surface area contributed by atoms with Gasteiger partial charge in [-0.3, -0.25) is 4.79 Å². The van der Waals surface area contributed by atoms with Gasteiger partial charge in [0.05, 0.1) is 12.0 Å². The maximum Gasteiger partial charge on any atom is 0.221 e. The second kappa shape index (κ2) is 4.79. The van der Waals surface area contributed by atoms with Crippen molar-refractivity contribution in [3.8, 4) is 0 Å². The van der Waals surface area contributed by atoms with Crippen molar-refractivity contribution in [3.63, 3.8) is 0 Å². The van der Waals surface area contributed by atoms with Gasteiger partial charge in [-0.25, -0.2) is 0 Å². The molecule has 0 unspecified atom stereocenters. The molecular weight excluding hydrogens is 238 g/mol. The zero-order chi connectivity index (χ0) is 12.4. The Morgan fingerprint density at radius 3 is 2.53 bits per heavy atom. The molecule has 0 saturated carbocycles. The second-order valence-corrected chi connectivity index (χ2v) is 4.97. The Balaban J connectivity index is 2.30. The van der Waals surface area contributed by atoms with Crippen LogP contribution in [-0.4, -0.2) is 28.6 Å². The summed E-state index contributed by atoms with van der Waals surface area (Å²) in [6, 6.07) is 8.59. The molecule has 0 bridgehead atoms. The van der Waals surface area contributed by atoms with Gasteiger partial charge in [0.15, 0.2) is 0 Å². The van der Waals surface area contributed by atoms with Gasteiger partial charge in [0.2, 0.25) is 5.91 Å². The molecule has 1 aromatic rings. The third kappa shape index (κ3) is 2.29. The molecule has 0 spiro atoms. The predicted molar refractivity (Wildman–Crippen MR) is 63.0 cm³/mol. The maximum absolute atomic E-state index is 11.6. The summed E-state index contributed by atoms with van der Waals surface area (Å²) in [6.07, 6.45) is 0. The van der Waals surface area contributed by atoms with Crippen LogP contribution in [0.3, 0.4) is 0 Å². The van der Waals surface area contributed by atoms with E-state index < -0.39 is 12.0 Å². The van der Waals surface area contributed by atoms with Crippen molar-refractivity contribution in [3.05, 3.63) is 35.9 Å². The number of rotatable bonds is 2. The Morgan fingerprint density at radius 2 is 2.00 bits per heavy atom. The summed E-state index contributed by atoms with van der Waals surface area (Å²) in [5, 5.41) is 10.7. The molecular formula is C12H12NO3S-. The SMILES string of the molecule is CC(=O)N1[C@H](C(=O)[O-])CS[C@H]1c1ccccc1. The molecule has 1 aliphatic heterocycles. The van der Waals surface area contributed by atoms with E-state index in [2.05, 4.69) is 0 Å². The molecule has 4 nitrogen and oxygen atoms in total. The van der Waals surface area contributed by atoms with Crippen molar-refractivity contribution in [1.29, 1.82) is 0 Å². The van der Waals surface area contributed by atoms with Crippen LogP contribution in [0.25, 0.3) is 0 Å². The second-order valence-electron chi connectivity index (χ2n) is 3.86. The fourth-order valence-electron chi connectivity index (χ4n) is 1.95. The molecule has 1 heterocycles. The average molecular weight is 250 g/mol. The third-order valence-electron chi connectivity index (χ3n) is 2.72. The molecule has 0 aromatic heterocycles. The van der Waals surface area contributed by atoms with Crippen molar-refractivity contribution in [2.75, 3.05) is 5.75 Å². The summed E-state index contributed by atoms with van der Waals surface area (Å²) >= 11 is 1.45. The molecule has 90 valence electrons. The summed E-state index contributed by atoms with van der Waals surface area (Å²) in [6.45, 7) is 1.39. The molecule has 1 aromatic carbocycles. The van der Waals surface area contributed by atoms with Gasteiger partial charge in [-0.15, -0.1) is 11.8 Å². The minimum absolute atomic E-state index is 0.225. The fraction of sp³-hybridized carbons (Fsp3) is 0.333. The first-order chi connectivity index (χ1) is 8.11. The first kappa shape index (κ1) is 12.0. The molecule has 2 rings (SSSR count). The Hall–Kier alpha value is -1.49. The lowest BCUT2D eigenvalue weighted by Gasteiger charge is -2.28. The Kier molecular flexibility index (Phi) is 3.38. The number of nitrogens with zero attached hydrogens (tertiary/aromatic N) is 1. The first-order valence-electron chi connectivity index (χ1n) is 5.27. The lowest BCUT2D eigenvalue weighted by molar-refractivity contribution is -0.310. The molecule has 1 aliphatic rings. The van der Waals surface area contributed by atoms with Crippen molar-refractivity contribution in [2.24, 2.45) is 0 Å². The van der Waals surface area contributed by atoms with Crippen LogP contribution in [0.2, 0.25) is 0 Å². The monoisotopic (exact) mass is 250 g/mol. The van der Waals surface area contributed by atoms with Gasteiger partial charge in [-0.05, 0) is 5.56 Å². The number of hydrogen-bond acceptors (Lipinski definition) is 4. The normalized spacial score (nSPS) is 23.7. The van der Waals surface area contributed by atoms with Crippen LogP contribution in [0.15, 0.2) is 30.3 Å². The van der Waals surface area contributed by atoms with Gasteiger partial charge in [-0.1, -0.05) is 30.3 Å². The van der Waals surface area contributed by atoms with E-state index >= 15 is 0 Å². The molecule has 17 heavy (non-hydrogen) atoms. The Bertz CT molecular complexity index is 435. The predicted octanol–water partition coefficient (Wildman–Crippen LogP) is 0.399. The highest BCUT2D eigenvalue weighted by Crippen LogP contribution is 2.40. The van der Waals surface area contributed by atoms with Gasteiger partial charge >= 0.3 is 0 Å². The fourth-order valence-corrected chi connectivity index (χ4v) is 3.41. The summed E-state index contributed by atoms with van der Waals surface area (Å²) in [5.74, 6) is -1.05. The van der Waals surface area contributed by atoms with Gasteiger partial charge < -0.3 is 14.8 Å². The third-order valence-corrected chi connectivity index (χ3v) is 4.04. The largest absolute Gasteiger partial charge is 0.548 e. The molecule has 0 aliphatic carbocycles. The van der Waals surface area contributed by atoms with Crippen LogP contribution < -0.4 is 5.11 Å². The van der Waals surface area contributed by atoms with E-state index in [1.807, 2.05) is 30.3 Å². The topological polar surface area (TPSA) is 60.4 Å². The molecule has 0 N–H and O–H groups in total. The summed E-state index contributed by atoms with van der Waals surface area (Å²) in [5.41, 5.74) is 0.941. The maximum atomic E-state index is 11.6. The minimum Gasteiger partial charge on any atom is -0.548 e. The molecule has 0 radical (unpaired) electrons. The van der Waals surface area contributed by atoms with Crippen molar-refractivity contribution < 1.29 is 14.7 Å². The number of amides is 1. The van der Waals surface area contributed by atoms with Gasteiger partial charge in [0, 0.05) is 12.7 Å². The zero-order valence-electron chi connectivity index (χ0n) is 9.33. The molecule has 5 heteroatoms. The van der Waals surface area contributed by atoms with E-state index in [4.69, 9.17) is 0 Å². The molecule has 1 amide bonds. The first-order valence-corrected chi connectivity index (χ1v) is 6.32. The van der Waals surface area contributed by atoms with Crippen LogP contribution in [0.5, 0.6) is 0 Å². The number of hydrogen-bond donors (Lipinski definition) is 0. The van der Waals surface area contributed by atoms with Crippen LogP contribution in [0.4, 0.5) is 0 Å². The number of benzene rings is 1. The number of carboxylic acids is 1. The Morgan fingerprint density at radius 1 is 1.35 bits per heavy atom. The molecule has 1 fully saturated rings. The highest BCUT2D eigenvalue weighted by molar-refractivity contribution is 7.99. The summed E-state index contributed by atoms with van der Waals surface area (Å²) < 4.78 is 0. The van der Waals surface area contributed by atoms with E-state index in [0.29, 0.717) is 5.75 Å². The minimum atomic E-state index is -1.19. The van der Waals surface area contributed by atoms with E-state index in [9.17, 15) is 14.7 Å². The molecule has 2 atom stereocenters. The average Bonchev–Trinajstić information content (AvgIpc) is 2.74. The Labute approximate surface area is 104 Å². The van der Waals surface area contributed by atoms with Crippen molar-refractivity contribution in [2.45, 2.75) is 18.3 Å². The number of carbonyl (C=O) groups excluding carboxylic acids is 2. The highest BCUT2D eigenvalue weighted by atomic mass is 32.2. The van der Waals surface area contributed by atoms with Crippen LogP contribution in [-0.2, 0) is 9.59 Å².